The highest BCUT2D eigenvalue weighted by atomic mass is 32.2. The molecule has 0 amide bonds. The number of likely N-dealkylation sites (tertiary alicyclic amines) is 1. The Labute approximate surface area is 212 Å². The Balaban J connectivity index is 1.26. The van der Waals surface area contributed by atoms with E-state index in [0.717, 1.165) is 65.1 Å². The van der Waals surface area contributed by atoms with E-state index in [9.17, 15) is 8.42 Å². The molecule has 4 aromatic rings. The van der Waals surface area contributed by atoms with Gasteiger partial charge in [0.25, 0.3) is 0 Å². The molecule has 0 radical (unpaired) electrons. The molecular weight excluding hydrogens is 498 g/mol. The Morgan fingerprint density at radius 1 is 1.17 bits per heavy atom. The smallest absolute Gasteiger partial charge is 0.211 e. The third kappa shape index (κ3) is 3.79. The zero-order valence-corrected chi connectivity index (χ0v) is 21.6. The first kappa shape index (κ1) is 22.5. The summed E-state index contributed by atoms with van der Waals surface area (Å²) in [5.74, 6) is 1.66. The molecule has 3 fully saturated rings. The number of aromatic nitrogens is 4. The number of benzene rings is 1. The summed E-state index contributed by atoms with van der Waals surface area (Å²) in [6, 6.07) is 8.59. The van der Waals surface area contributed by atoms with Crippen molar-refractivity contribution >= 4 is 48.3 Å². The zero-order chi connectivity index (χ0) is 24.4. The van der Waals surface area contributed by atoms with Gasteiger partial charge in [0.2, 0.25) is 10.0 Å². The third-order valence-electron chi connectivity index (χ3n) is 7.53. The van der Waals surface area contributed by atoms with Gasteiger partial charge in [-0.05, 0) is 18.6 Å². The molecule has 2 atom stereocenters. The summed E-state index contributed by atoms with van der Waals surface area (Å²) in [5.41, 5.74) is 2.87. The number of morpholine rings is 1. The summed E-state index contributed by atoms with van der Waals surface area (Å²) in [6.07, 6.45) is 4.06. The van der Waals surface area contributed by atoms with Crippen molar-refractivity contribution in [1.29, 1.82) is 0 Å². The molecule has 12 heteroatoms. The summed E-state index contributed by atoms with van der Waals surface area (Å²) in [5, 5.41) is 8.25. The lowest BCUT2D eigenvalue weighted by molar-refractivity contribution is 0.122. The van der Waals surface area contributed by atoms with Crippen molar-refractivity contribution in [3.05, 3.63) is 35.3 Å². The maximum absolute atomic E-state index is 12.1. The molecule has 36 heavy (non-hydrogen) atoms. The van der Waals surface area contributed by atoms with Crippen LogP contribution in [0, 0.1) is 0 Å². The van der Waals surface area contributed by atoms with Crippen LogP contribution in [0.15, 0.2) is 30.5 Å². The molecule has 2 bridgehead atoms. The van der Waals surface area contributed by atoms with Crippen molar-refractivity contribution in [3.8, 4) is 11.4 Å². The van der Waals surface area contributed by atoms with E-state index in [1.165, 1.54) is 11.1 Å². The SMILES string of the molecule is CS(=O)(=O)N1C[C@@H]2C[C@H]1CN2Cc1cc2nc(-c3cccc4[nH]ncc34)nc(N3CCOCC3)c2s1. The van der Waals surface area contributed by atoms with Gasteiger partial charge in [-0.25, -0.2) is 18.4 Å². The second kappa shape index (κ2) is 8.45. The molecule has 3 aliphatic heterocycles. The number of hydrogen-bond acceptors (Lipinski definition) is 9. The number of nitrogens with one attached hydrogen (secondary N) is 1. The summed E-state index contributed by atoms with van der Waals surface area (Å²) < 4.78 is 32.5. The fourth-order valence-electron chi connectivity index (χ4n) is 5.83. The second-order valence-corrected chi connectivity index (χ2v) is 12.9. The molecule has 6 heterocycles. The average Bonchev–Trinajstić information content (AvgIpc) is 3.66. The molecule has 1 N–H and O–H groups in total. The number of anilines is 1. The number of H-pyrrole nitrogens is 1. The number of ether oxygens (including phenoxy) is 1. The Hall–Kier alpha value is -2.64. The van der Waals surface area contributed by atoms with Gasteiger partial charge in [-0.1, -0.05) is 12.1 Å². The van der Waals surface area contributed by atoms with Crippen LogP contribution in [0.1, 0.15) is 11.3 Å². The zero-order valence-electron chi connectivity index (χ0n) is 19.9. The van der Waals surface area contributed by atoms with E-state index in [4.69, 9.17) is 14.7 Å². The highest BCUT2D eigenvalue weighted by Crippen LogP contribution is 2.38. The van der Waals surface area contributed by atoms with Crippen molar-refractivity contribution in [2.75, 3.05) is 50.5 Å². The van der Waals surface area contributed by atoms with Crippen molar-refractivity contribution < 1.29 is 13.2 Å². The summed E-state index contributed by atoms with van der Waals surface area (Å²) in [7, 11) is -3.14. The largest absolute Gasteiger partial charge is 0.378 e. The summed E-state index contributed by atoms with van der Waals surface area (Å²) in [4.78, 5) is 16.0. The molecule has 188 valence electrons. The average molecular weight is 526 g/mol. The molecule has 7 rings (SSSR count). The van der Waals surface area contributed by atoms with E-state index in [1.54, 1.807) is 15.6 Å². The lowest BCUT2D eigenvalue weighted by Crippen LogP contribution is -2.47. The molecule has 3 saturated heterocycles. The van der Waals surface area contributed by atoms with Crippen LogP contribution in [0.25, 0.3) is 32.5 Å². The number of fused-ring (bicyclic) bond motifs is 4. The van der Waals surface area contributed by atoms with Crippen LogP contribution in [0.3, 0.4) is 0 Å². The number of rotatable bonds is 5. The van der Waals surface area contributed by atoms with Gasteiger partial charge >= 0.3 is 0 Å². The van der Waals surface area contributed by atoms with Crippen LogP contribution in [-0.2, 0) is 21.3 Å². The normalized spacial score (nSPS) is 23.4. The Morgan fingerprint density at radius 2 is 2.03 bits per heavy atom. The molecule has 0 spiro atoms. The van der Waals surface area contributed by atoms with E-state index in [-0.39, 0.29) is 12.1 Å². The Morgan fingerprint density at radius 3 is 2.81 bits per heavy atom. The van der Waals surface area contributed by atoms with Crippen molar-refractivity contribution in [3.63, 3.8) is 0 Å². The van der Waals surface area contributed by atoms with Gasteiger partial charge in [0.15, 0.2) is 11.6 Å². The fourth-order valence-corrected chi connectivity index (χ4v) is 8.10. The van der Waals surface area contributed by atoms with E-state index in [2.05, 4.69) is 26.1 Å². The van der Waals surface area contributed by atoms with E-state index in [0.29, 0.717) is 25.6 Å². The first-order valence-corrected chi connectivity index (χ1v) is 14.9. The summed E-state index contributed by atoms with van der Waals surface area (Å²) in [6.45, 7) is 5.13. The highest BCUT2D eigenvalue weighted by Gasteiger charge is 2.46. The van der Waals surface area contributed by atoms with Crippen molar-refractivity contribution in [2.24, 2.45) is 0 Å². The molecule has 0 unspecified atom stereocenters. The van der Waals surface area contributed by atoms with Gasteiger partial charge in [0.05, 0.1) is 41.4 Å². The lowest BCUT2D eigenvalue weighted by atomic mass is 10.1. The number of sulfonamides is 1. The Kier molecular flexibility index (Phi) is 5.29. The first-order valence-electron chi connectivity index (χ1n) is 12.2. The quantitative estimate of drug-likeness (QED) is 0.423. The van der Waals surface area contributed by atoms with Gasteiger partial charge in [-0.3, -0.25) is 10.00 Å². The second-order valence-electron chi connectivity index (χ2n) is 9.84. The van der Waals surface area contributed by atoms with Crippen LogP contribution < -0.4 is 4.90 Å². The van der Waals surface area contributed by atoms with Gasteiger partial charge in [-0.2, -0.15) is 9.40 Å². The van der Waals surface area contributed by atoms with Gasteiger partial charge in [-0.15, -0.1) is 11.3 Å². The molecule has 3 aliphatic rings. The highest BCUT2D eigenvalue weighted by molar-refractivity contribution is 7.88. The van der Waals surface area contributed by atoms with Crippen LogP contribution in [0.2, 0.25) is 0 Å². The number of piperazine rings is 1. The third-order valence-corrected chi connectivity index (χ3v) is 9.93. The number of hydrogen-bond donors (Lipinski definition) is 1. The standard InChI is InChI=1S/C24H27N7O3S2/c1-36(32,33)31-13-15-9-16(31)12-30(15)14-17-10-21-22(35-17)24(29-5-7-34-8-6-29)27-23(26-21)18-3-2-4-20-19(18)11-25-28-20/h2-4,10-11,15-16H,5-9,12-14H2,1H3,(H,25,28)/t15-,16-/m0/s1. The minimum absolute atomic E-state index is 0.0881. The van der Waals surface area contributed by atoms with E-state index in [1.807, 2.05) is 24.4 Å². The molecule has 0 aliphatic carbocycles. The van der Waals surface area contributed by atoms with Gasteiger partial charge < -0.3 is 9.64 Å². The molecular formula is C24H27N7O3S2. The predicted molar refractivity (Wildman–Crippen MR) is 140 cm³/mol. The van der Waals surface area contributed by atoms with Crippen LogP contribution in [-0.4, -0.2) is 95.5 Å². The maximum Gasteiger partial charge on any atom is 0.211 e. The monoisotopic (exact) mass is 525 g/mol. The maximum atomic E-state index is 12.1. The first-order chi connectivity index (χ1) is 17.4. The van der Waals surface area contributed by atoms with Crippen LogP contribution in [0.5, 0.6) is 0 Å². The van der Waals surface area contributed by atoms with E-state index < -0.39 is 10.0 Å². The molecule has 1 aromatic carbocycles. The predicted octanol–water partition coefficient (Wildman–Crippen LogP) is 2.29. The summed E-state index contributed by atoms with van der Waals surface area (Å²) >= 11 is 1.75. The fraction of sp³-hybridized carbons (Fsp3) is 0.458. The molecule has 0 saturated carbocycles. The van der Waals surface area contributed by atoms with E-state index >= 15 is 0 Å². The molecule has 3 aromatic heterocycles. The minimum atomic E-state index is -3.14. The van der Waals surface area contributed by atoms with Crippen molar-refractivity contribution in [1.82, 2.24) is 29.4 Å². The minimum Gasteiger partial charge on any atom is -0.378 e. The Bertz CT molecular complexity index is 1560. The molecule has 10 nitrogen and oxygen atoms in total. The lowest BCUT2D eigenvalue weighted by Gasteiger charge is -2.32. The number of nitrogens with zero attached hydrogens (tertiary/aromatic N) is 6. The van der Waals surface area contributed by atoms with Crippen LogP contribution in [0.4, 0.5) is 5.82 Å². The van der Waals surface area contributed by atoms with Crippen molar-refractivity contribution in [2.45, 2.75) is 25.0 Å². The van der Waals surface area contributed by atoms with Crippen LogP contribution >= 0.6 is 11.3 Å². The van der Waals surface area contributed by atoms with Gasteiger partial charge in [0.1, 0.15) is 0 Å². The number of thiophene rings is 1. The topological polar surface area (TPSA) is 108 Å². The number of aromatic amines is 1. The van der Waals surface area contributed by atoms with Gasteiger partial charge in [0, 0.05) is 60.6 Å².